The normalized spacial score (nSPS) is 15.3. The highest BCUT2D eigenvalue weighted by Gasteiger charge is 2.16. The van der Waals surface area contributed by atoms with Crippen LogP contribution in [0.25, 0.3) is 0 Å². The molecule has 1 N–H and O–H groups in total. The van der Waals surface area contributed by atoms with E-state index in [4.69, 9.17) is 21.4 Å². The Hall–Kier alpha value is 0.210. The van der Waals surface area contributed by atoms with Crippen LogP contribution in [0.1, 0.15) is 20.8 Å². The van der Waals surface area contributed by atoms with Gasteiger partial charge >= 0.3 is 0 Å². The van der Waals surface area contributed by atoms with Gasteiger partial charge in [0, 0.05) is 0 Å². The summed E-state index contributed by atoms with van der Waals surface area (Å²) in [5, 5.41) is 8.68. The smallest absolute Gasteiger partial charge is 0.0947 e. The number of aliphatic hydroxyl groups is 1. The van der Waals surface area contributed by atoms with Gasteiger partial charge in [0.1, 0.15) is 0 Å². The van der Waals surface area contributed by atoms with Gasteiger partial charge in [-0.05, 0) is 20.8 Å². The lowest BCUT2D eigenvalue weighted by molar-refractivity contribution is -0.0693. The maximum atomic E-state index is 8.68. The van der Waals surface area contributed by atoms with Crippen molar-refractivity contribution in [2.45, 2.75) is 32.5 Å². The van der Waals surface area contributed by atoms with Crippen molar-refractivity contribution in [1.82, 2.24) is 0 Å². The highest BCUT2D eigenvalue weighted by Crippen LogP contribution is 2.11. The Kier molecular flexibility index (Phi) is 4.25. The maximum Gasteiger partial charge on any atom is 0.0947 e. The Morgan fingerprint density at radius 1 is 1.50 bits per heavy atom. The Labute approximate surface area is 67.1 Å². The zero-order chi connectivity index (χ0) is 8.20. The molecule has 0 spiro atoms. The first kappa shape index (κ1) is 10.2. The number of alkyl halides is 1. The molecule has 0 saturated carbocycles. The second-order valence-electron chi connectivity index (χ2n) is 3.19. The molecule has 0 aliphatic carbocycles. The molecule has 0 bridgehead atoms. The van der Waals surface area contributed by atoms with Crippen LogP contribution in [-0.2, 0) is 4.74 Å². The van der Waals surface area contributed by atoms with E-state index in [2.05, 4.69) is 0 Å². The Morgan fingerprint density at radius 2 is 2.00 bits per heavy atom. The van der Waals surface area contributed by atoms with Crippen molar-refractivity contribution in [3.8, 4) is 0 Å². The van der Waals surface area contributed by atoms with Crippen molar-refractivity contribution in [3.63, 3.8) is 0 Å². The SMILES string of the molecule is CC(C)(C)OC(CO)CCl. The third-order valence-corrected chi connectivity index (χ3v) is 1.24. The molecule has 0 rings (SSSR count). The van der Waals surface area contributed by atoms with Crippen LogP contribution in [0.15, 0.2) is 0 Å². The van der Waals surface area contributed by atoms with Gasteiger partial charge in [-0.3, -0.25) is 0 Å². The molecule has 0 aliphatic rings. The van der Waals surface area contributed by atoms with Gasteiger partial charge in [-0.15, -0.1) is 11.6 Å². The summed E-state index contributed by atoms with van der Waals surface area (Å²) in [6, 6.07) is 0. The fourth-order valence-corrected chi connectivity index (χ4v) is 0.778. The Morgan fingerprint density at radius 3 is 2.10 bits per heavy atom. The van der Waals surface area contributed by atoms with Gasteiger partial charge in [-0.2, -0.15) is 0 Å². The van der Waals surface area contributed by atoms with Gasteiger partial charge in [0.2, 0.25) is 0 Å². The molecule has 0 amide bonds. The topological polar surface area (TPSA) is 29.5 Å². The number of rotatable bonds is 3. The largest absolute Gasteiger partial charge is 0.394 e. The van der Waals surface area contributed by atoms with Gasteiger partial charge in [-0.25, -0.2) is 0 Å². The highest BCUT2D eigenvalue weighted by atomic mass is 35.5. The summed E-state index contributed by atoms with van der Waals surface area (Å²) in [6.07, 6.45) is -0.235. The minimum Gasteiger partial charge on any atom is -0.394 e. The molecule has 0 radical (unpaired) electrons. The van der Waals surface area contributed by atoms with Gasteiger partial charge in [0.05, 0.1) is 24.2 Å². The molecule has 1 atom stereocenters. The second-order valence-corrected chi connectivity index (χ2v) is 3.50. The van der Waals surface area contributed by atoms with Crippen LogP contribution >= 0.6 is 11.6 Å². The highest BCUT2D eigenvalue weighted by molar-refractivity contribution is 6.18. The number of ether oxygens (including phenoxy) is 1. The summed E-state index contributed by atoms with van der Waals surface area (Å²) in [5.41, 5.74) is -0.220. The van der Waals surface area contributed by atoms with Crippen LogP contribution in [0.5, 0.6) is 0 Å². The molecule has 0 saturated heterocycles. The Bertz CT molecular complexity index is 84.1. The van der Waals surface area contributed by atoms with E-state index >= 15 is 0 Å². The fourth-order valence-electron chi connectivity index (χ4n) is 0.618. The number of hydrogen-bond acceptors (Lipinski definition) is 2. The number of halogens is 1. The second kappa shape index (κ2) is 4.16. The summed E-state index contributed by atoms with van der Waals surface area (Å²) in [4.78, 5) is 0. The fraction of sp³-hybridized carbons (Fsp3) is 1.00. The molecule has 3 heteroatoms. The number of aliphatic hydroxyl groups excluding tert-OH is 1. The number of hydrogen-bond donors (Lipinski definition) is 1. The van der Waals surface area contributed by atoms with Crippen LogP contribution in [0, 0.1) is 0 Å². The van der Waals surface area contributed by atoms with E-state index in [9.17, 15) is 0 Å². The van der Waals surface area contributed by atoms with E-state index in [1.807, 2.05) is 20.8 Å². The molecule has 0 fully saturated rings. The summed E-state index contributed by atoms with van der Waals surface area (Å²) in [7, 11) is 0. The van der Waals surface area contributed by atoms with E-state index in [0.717, 1.165) is 0 Å². The summed E-state index contributed by atoms with van der Waals surface area (Å²) >= 11 is 5.49. The summed E-state index contributed by atoms with van der Waals surface area (Å²) in [6.45, 7) is 5.79. The van der Waals surface area contributed by atoms with E-state index in [0.29, 0.717) is 5.88 Å². The third-order valence-electron chi connectivity index (χ3n) is 0.896. The first-order chi connectivity index (χ1) is 4.49. The average molecular weight is 167 g/mol. The first-order valence-corrected chi connectivity index (χ1v) is 3.87. The molecule has 0 heterocycles. The van der Waals surface area contributed by atoms with Gasteiger partial charge in [0.15, 0.2) is 0 Å². The quantitative estimate of drug-likeness (QED) is 0.643. The van der Waals surface area contributed by atoms with Crippen molar-refractivity contribution in [2.24, 2.45) is 0 Å². The molecule has 0 aromatic heterocycles. The van der Waals surface area contributed by atoms with Crippen molar-refractivity contribution in [3.05, 3.63) is 0 Å². The van der Waals surface area contributed by atoms with Crippen LogP contribution < -0.4 is 0 Å². The molecule has 62 valence electrons. The van der Waals surface area contributed by atoms with Crippen molar-refractivity contribution >= 4 is 11.6 Å². The molecular formula is C7H15ClO2. The first-order valence-electron chi connectivity index (χ1n) is 3.34. The Balaban J connectivity index is 3.63. The van der Waals surface area contributed by atoms with Crippen LogP contribution in [0.2, 0.25) is 0 Å². The molecule has 0 aliphatic heterocycles. The van der Waals surface area contributed by atoms with Crippen LogP contribution in [0.3, 0.4) is 0 Å². The van der Waals surface area contributed by atoms with Gasteiger partial charge < -0.3 is 9.84 Å². The molecule has 0 aromatic rings. The minimum atomic E-state index is -0.235. The predicted molar refractivity (Wildman–Crippen MR) is 42.4 cm³/mol. The third kappa shape index (κ3) is 5.03. The average Bonchev–Trinajstić information content (AvgIpc) is 1.81. The van der Waals surface area contributed by atoms with Crippen molar-refractivity contribution in [1.29, 1.82) is 0 Å². The van der Waals surface area contributed by atoms with Gasteiger partial charge in [0.25, 0.3) is 0 Å². The monoisotopic (exact) mass is 166 g/mol. The minimum absolute atomic E-state index is 0.0131. The molecular weight excluding hydrogens is 152 g/mol. The maximum absolute atomic E-state index is 8.68. The van der Waals surface area contributed by atoms with Crippen molar-refractivity contribution in [2.75, 3.05) is 12.5 Å². The van der Waals surface area contributed by atoms with Gasteiger partial charge in [-0.1, -0.05) is 0 Å². The lowest BCUT2D eigenvalue weighted by atomic mass is 10.2. The molecule has 2 nitrogen and oxygen atoms in total. The summed E-state index contributed by atoms with van der Waals surface area (Å²) in [5.74, 6) is 0.341. The zero-order valence-corrected chi connectivity index (χ0v) is 7.48. The van der Waals surface area contributed by atoms with Crippen LogP contribution in [0.4, 0.5) is 0 Å². The predicted octanol–water partition coefficient (Wildman–Crippen LogP) is 1.40. The zero-order valence-electron chi connectivity index (χ0n) is 6.72. The molecule has 0 aromatic carbocycles. The standard InChI is InChI=1S/C7H15ClO2/c1-7(2,3)10-6(4-8)5-9/h6,9H,4-5H2,1-3H3. The van der Waals surface area contributed by atoms with E-state index in [1.165, 1.54) is 0 Å². The molecule has 10 heavy (non-hydrogen) atoms. The van der Waals surface area contributed by atoms with Crippen LogP contribution in [-0.4, -0.2) is 29.3 Å². The van der Waals surface area contributed by atoms with E-state index < -0.39 is 0 Å². The lowest BCUT2D eigenvalue weighted by Crippen LogP contribution is -2.30. The summed E-state index contributed by atoms with van der Waals surface area (Å²) < 4.78 is 5.35. The van der Waals surface area contributed by atoms with E-state index in [1.54, 1.807) is 0 Å². The van der Waals surface area contributed by atoms with Crippen molar-refractivity contribution < 1.29 is 9.84 Å². The van der Waals surface area contributed by atoms with E-state index in [-0.39, 0.29) is 18.3 Å². The molecule has 1 unspecified atom stereocenters. The lowest BCUT2D eigenvalue weighted by Gasteiger charge is -2.24.